The number of rotatable bonds is 3. The highest BCUT2D eigenvalue weighted by atomic mass is 16.7. The molecule has 0 aliphatic heterocycles. The molecule has 0 heterocycles. The molecule has 1 aliphatic rings. The fourth-order valence-electron chi connectivity index (χ4n) is 2.67. The van der Waals surface area contributed by atoms with Crippen LogP contribution < -0.4 is 0 Å². The molecule has 0 radical (unpaired) electrons. The van der Waals surface area contributed by atoms with Gasteiger partial charge in [0.1, 0.15) is 6.10 Å². The monoisotopic (exact) mass is 264 g/mol. The van der Waals surface area contributed by atoms with Crippen LogP contribution in [0.5, 0.6) is 0 Å². The van der Waals surface area contributed by atoms with Crippen LogP contribution in [0.2, 0.25) is 0 Å². The Morgan fingerprint density at radius 2 is 1.89 bits per heavy atom. The van der Waals surface area contributed by atoms with Crippen molar-refractivity contribution in [3.05, 3.63) is 35.4 Å². The molecule has 0 saturated heterocycles. The third-order valence-electron chi connectivity index (χ3n) is 3.93. The molecule has 0 aromatic heterocycles. The first-order valence-corrected chi connectivity index (χ1v) is 6.75. The highest BCUT2D eigenvalue weighted by Crippen LogP contribution is 2.38. The molecule has 104 valence electrons. The number of carboxylic acid groups (broad SMARTS) is 1. The second-order valence-electron chi connectivity index (χ2n) is 5.17. The van der Waals surface area contributed by atoms with Gasteiger partial charge >= 0.3 is 6.16 Å². The van der Waals surface area contributed by atoms with Crippen LogP contribution in [0, 0.1) is 0 Å². The Kier molecular flexibility index (Phi) is 4.10. The van der Waals surface area contributed by atoms with Gasteiger partial charge in [-0.15, -0.1) is 0 Å². The van der Waals surface area contributed by atoms with E-state index in [-0.39, 0.29) is 6.10 Å². The topological polar surface area (TPSA) is 66.8 Å². The Labute approximate surface area is 113 Å². The average Bonchev–Trinajstić information content (AvgIpc) is 2.41. The Hall–Kier alpha value is -1.55. The van der Waals surface area contributed by atoms with E-state index in [0.29, 0.717) is 25.7 Å². The van der Waals surface area contributed by atoms with Crippen LogP contribution in [0.1, 0.15) is 43.7 Å². The van der Waals surface area contributed by atoms with Crippen molar-refractivity contribution >= 4 is 6.16 Å². The van der Waals surface area contributed by atoms with Crippen molar-refractivity contribution in [2.75, 3.05) is 0 Å². The van der Waals surface area contributed by atoms with E-state index in [9.17, 15) is 9.90 Å². The molecule has 0 unspecified atom stereocenters. The number of hydrogen-bond acceptors (Lipinski definition) is 3. The van der Waals surface area contributed by atoms with Gasteiger partial charge in [-0.3, -0.25) is 0 Å². The van der Waals surface area contributed by atoms with Gasteiger partial charge in [-0.2, -0.15) is 0 Å². The van der Waals surface area contributed by atoms with Crippen molar-refractivity contribution < 1.29 is 19.7 Å². The van der Waals surface area contributed by atoms with E-state index in [1.807, 2.05) is 24.3 Å². The van der Waals surface area contributed by atoms with E-state index in [0.717, 1.165) is 12.0 Å². The quantitative estimate of drug-likeness (QED) is 0.823. The Bertz CT molecular complexity index is 430. The highest BCUT2D eigenvalue weighted by Gasteiger charge is 2.35. The first-order chi connectivity index (χ1) is 9.03. The molecule has 1 aliphatic carbocycles. The summed E-state index contributed by atoms with van der Waals surface area (Å²) >= 11 is 0. The smallest absolute Gasteiger partial charge is 0.450 e. The maximum absolute atomic E-state index is 10.7. The van der Waals surface area contributed by atoms with Crippen LogP contribution in [-0.2, 0) is 16.8 Å². The van der Waals surface area contributed by atoms with Crippen molar-refractivity contribution in [3.63, 3.8) is 0 Å². The predicted octanol–water partition coefficient (Wildman–Crippen LogP) is 3.07. The summed E-state index contributed by atoms with van der Waals surface area (Å²) in [5, 5.41) is 19.2. The lowest BCUT2D eigenvalue weighted by Crippen LogP contribution is -2.35. The molecule has 0 atom stereocenters. The van der Waals surface area contributed by atoms with Crippen LogP contribution in [-0.4, -0.2) is 22.5 Å². The van der Waals surface area contributed by atoms with Crippen molar-refractivity contribution in [3.8, 4) is 0 Å². The van der Waals surface area contributed by atoms with Crippen molar-refractivity contribution in [2.45, 2.75) is 50.7 Å². The molecule has 0 amide bonds. The molecule has 4 heteroatoms. The third kappa shape index (κ3) is 3.26. The summed E-state index contributed by atoms with van der Waals surface area (Å²) in [6.07, 6.45) is 1.67. The van der Waals surface area contributed by atoms with Crippen molar-refractivity contribution in [1.29, 1.82) is 0 Å². The number of carbonyl (C=O) groups is 1. The first kappa shape index (κ1) is 13.9. The minimum atomic E-state index is -1.23. The first-order valence-electron chi connectivity index (χ1n) is 6.75. The summed E-state index contributed by atoms with van der Waals surface area (Å²) in [4.78, 5) is 10.5. The van der Waals surface area contributed by atoms with Crippen LogP contribution in [0.4, 0.5) is 4.79 Å². The number of benzene rings is 1. The second-order valence-corrected chi connectivity index (χ2v) is 5.17. The van der Waals surface area contributed by atoms with Gasteiger partial charge in [0.05, 0.1) is 5.60 Å². The molecule has 4 nitrogen and oxygen atoms in total. The van der Waals surface area contributed by atoms with E-state index < -0.39 is 11.8 Å². The van der Waals surface area contributed by atoms with Gasteiger partial charge in [0.15, 0.2) is 0 Å². The Morgan fingerprint density at radius 3 is 2.37 bits per heavy atom. The molecule has 0 bridgehead atoms. The van der Waals surface area contributed by atoms with E-state index in [4.69, 9.17) is 9.84 Å². The summed E-state index contributed by atoms with van der Waals surface area (Å²) in [6.45, 7) is 2.10. The summed E-state index contributed by atoms with van der Waals surface area (Å²) in [7, 11) is 0. The lowest BCUT2D eigenvalue weighted by atomic mass is 9.78. The lowest BCUT2D eigenvalue weighted by Gasteiger charge is -2.35. The minimum absolute atomic E-state index is 0.285. The molecule has 2 rings (SSSR count). The molecule has 1 fully saturated rings. The van der Waals surface area contributed by atoms with Gasteiger partial charge in [-0.1, -0.05) is 31.2 Å². The number of ether oxygens (including phenoxy) is 1. The van der Waals surface area contributed by atoms with E-state index in [1.54, 1.807) is 0 Å². The summed E-state index contributed by atoms with van der Waals surface area (Å²) in [6, 6.07) is 8.01. The van der Waals surface area contributed by atoms with E-state index in [1.165, 1.54) is 5.56 Å². The molecule has 2 N–H and O–H groups in total. The van der Waals surface area contributed by atoms with Crippen LogP contribution >= 0.6 is 0 Å². The van der Waals surface area contributed by atoms with Gasteiger partial charge < -0.3 is 14.9 Å². The van der Waals surface area contributed by atoms with Gasteiger partial charge in [0.25, 0.3) is 0 Å². The minimum Gasteiger partial charge on any atom is -0.450 e. The second kappa shape index (κ2) is 5.61. The van der Waals surface area contributed by atoms with Crippen LogP contribution in [0.15, 0.2) is 24.3 Å². The molecular weight excluding hydrogens is 244 g/mol. The van der Waals surface area contributed by atoms with Crippen LogP contribution in [0.3, 0.4) is 0 Å². The van der Waals surface area contributed by atoms with Crippen molar-refractivity contribution in [2.24, 2.45) is 0 Å². The molecule has 0 spiro atoms. The molecular formula is C15H20O4. The van der Waals surface area contributed by atoms with Crippen LogP contribution in [0.25, 0.3) is 0 Å². The van der Waals surface area contributed by atoms with E-state index >= 15 is 0 Å². The van der Waals surface area contributed by atoms with Gasteiger partial charge in [-0.25, -0.2) is 4.79 Å². The maximum atomic E-state index is 10.7. The SMILES string of the molecule is CCc1ccc(C2(O)CCC(OC(=O)O)CC2)cc1. The van der Waals surface area contributed by atoms with Gasteiger partial charge in [-0.05, 0) is 43.2 Å². The number of aliphatic hydroxyl groups is 1. The predicted molar refractivity (Wildman–Crippen MR) is 71.1 cm³/mol. The fourth-order valence-corrected chi connectivity index (χ4v) is 2.67. The zero-order valence-electron chi connectivity index (χ0n) is 11.1. The van der Waals surface area contributed by atoms with Crippen molar-refractivity contribution in [1.82, 2.24) is 0 Å². The average molecular weight is 264 g/mol. The maximum Gasteiger partial charge on any atom is 0.506 e. The fraction of sp³-hybridized carbons (Fsp3) is 0.533. The molecule has 1 aromatic carbocycles. The number of aryl methyl sites for hydroxylation is 1. The molecule has 1 saturated carbocycles. The lowest BCUT2D eigenvalue weighted by molar-refractivity contribution is -0.0481. The summed E-state index contributed by atoms with van der Waals surface area (Å²) < 4.78 is 4.76. The standard InChI is InChI=1S/C15H20O4/c1-2-11-3-5-12(6-4-11)15(18)9-7-13(8-10-15)19-14(16)17/h3-6,13,18H,2,7-10H2,1H3,(H,16,17). The molecule has 1 aromatic rings. The zero-order chi connectivity index (χ0) is 13.9. The number of hydrogen-bond donors (Lipinski definition) is 2. The zero-order valence-corrected chi connectivity index (χ0v) is 11.1. The molecule has 19 heavy (non-hydrogen) atoms. The van der Waals surface area contributed by atoms with Gasteiger partial charge in [0.2, 0.25) is 0 Å². The highest BCUT2D eigenvalue weighted by molar-refractivity contribution is 5.57. The largest absolute Gasteiger partial charge is 0.506 e. The summed E-state index contributed by atoms with van der Waals surface area (Å²) in [5.41, 5.74) is 1.32. The Balaban J connectivity index is 2.02. The normalized spacial score (nSPS) is 26.9. The van der Waals surface area contributed by atoms with Gasteiger partial charge in [0, 0.05) is 0 Å². The summed E-state index contributed by atoms with van der Waals surface area (Å²) in [5.74, 6) is 0. The third-order valence-corrected chi connectivity index (χ3v) is 3.93. The Morgan fingerprint density at radius 1 is 1.32 bits per heavy atom. The van der Waals surface area contributed by atoms with E-state index in [2.05, 4.69) is 6.92 Å².